The normalized spacial score (nSPS) is 15.0. The Hall–Kier alpha value is -2.08. The van der Waals surface area contributed by atoms with Crippen molar-refractivity contribution >= 4 is 16.9 Å². The van der Waals surface area contributed by atoms with Crippen molar-refractivity contribution in [3.8, 4) is 0 Å². The number of benzene rings is 1. The molecule has 0 amide bonds. The SMILES string of the molecule is CN=C(NCc1oc2ccc(F)cc2c1C)N(C)CCOCC1CC1. The van der Waals surface area contributed by atoms with E-state index in [1.165, 1.54) is 25.0 Å². The Morgan fingerprint density at radius 2 is 2.24 bits per heavy atom. The minimum Gasteiger partial charge on any atom is -0.459 e. The van der Waals surface area contributed by atoms with Crippen LogP contribution in [0.15, 0.2) is 27.6 Å². The Kier molecular flexibility index (Phi) is 5.58. The van der Waals surface area contributed by atoms with E-state index < -0.39 is 0 Å². The van der Waals surface area contributed by atoms with Crippen LogP contribution in [0.2, 0.25) is 0 Å². The van der Waals surface area contributed by atoms with Crippen LogP contribution in [-0.2, 0) is 11.3 Å². The van der Waals surface area contributed by atoms with Gasteiger partial charge in [0.1, 0.15) is 17.2 Å². The molecule has 1 fully saturated rings. The number of aryl methyl sites for hydroxylation is 1. The summed E-state index contributed by atoms with van der Waals surface area (Å²) in [7, 11) is 3.74. The lowest BCUT2D eigenvalue weighted by Gasteiger charge is -2.21. The summed E-state index contributed by atoms with van der Waals surface area (Å²) in [5, 5.41) is 4.11. The average molecular weight is 347 g/mol. The molecule has 0 atom stereocenters. The molecule has 0 unspecified atom stereocenters. The molecule has 0 spiro atoms. The van der Waals surface area contributed by atoms with Gasteiger partial charge in [0.15, 0.2) is 5.96 Å². The van der Waals surface area contributed by atoms with Gasteiger partial charge in [-0.2, -0.15) is 0 Å². The van der Waals surface area contributed by atoms with Crippen LogP contribution in [0.1, 0.15) is 24.2 Å². The summed E-state index contributed by atoms with van der Waals surface area (Å²) < 4.78 is 24.9. The predicted molar refractivity (Wildman–Crippen MR) is 97.3 cm³/mol. The number of rotatable bonds is 7. The molecule has 25 heavy (non-hydrogen) atoms. The van der Waals surface area contributed by atoms with Crippen molar-refractivity contribution in [3.63, 3.8) is 0 Å². The van der Waals surface area contributed by atoms with E-state index in [4.69, 9.17) is 9.15 Å². The number of hydrogen-bond donors (Lipinski definition) is 1. The molecule has 0 bridgehead atoms. The lowest BCUT2D eigenvalue weighted by Crippen LogP contribution is -2.40. The van der Waals surface area contributed by atoms with Crippen molar-refractivity contribution in [2.24, 2.45) is 10.9 Å². The maximum absolute atomic E-state index is 13.4. The summed E-state index contributed by atoms with van der Waals surface area (Å²) in [6.07, 6.45) is 2.61. The van der Waals surface area contributed by atoms with Gasteiger partial charge in [-0.15, -0.1) is 0 Å². The van der Waals surface area contributed by atoms with Crippen LogP contribution in [0.4, 0.5) is 4.39 Å². The molecular weight excluding hydrogens is 321 g/mol. The third-order valence-corrected chi connectivity index (χ3v) is 4.60. The second kappa shape index (κ2) is 7.87. The Labute approximate surface area is 147 Å². The predicted octanol–water partition coefficient (Wildman–Crippen LogP) is 3.31. The molecule has 1 aliphatic carbocycles. The smallest absolute Gasteiger partial charge is 0.193 e. The van der Waals surface area contributed by atoms with E-state index in [-0.39, 0.29) is 5.82 Å². The fraction of sp³-hybridized carbons (Fsp3) is 0.526. The van der Waals surface area contributed by atoms with Crippen LogP contribution in [0.5, 0.6) is 0 Å². The van der Waals surface area contributed by atoms with Gasteiger partial charge in [0.2, 0.25) is 0 Å². The monoisotopic (exact) mass is 347 g/mol. The van der Waals surface area contributed by atoms with Crippen molar-refractivity contribution in [1.29, 1.82) is 0 Å². The number of guanidine groups is 1. The molecule has 1 heterocycles. The number of likely N-dealkylation sites (N-methyl/N-ethyl adjacent to an activating group) is 1. The summed E-state index contributed by atoms with van der Waals surface area (Å²) in [6, 6.07) is 4.59. The number of ether oxygens (including phenoxy) is 1. The Balaban J connectivity index is 1.54. The topological polar surface area (TPSA) is 50.0 Å². The summed E-state index contributed by atoms with van der Waals surface area (Å²) in [4.78, 5) is 6.33. The lowest BCUT2D eigenvalue weighted by atomic mass is 10.1. The number of nitrogens with one attached hydrogen (secondary N) is 1. The highest BCUT2D eigenvalue weighted by atomic mass is 19.1. The number of hydrogen-bond acceptors (Lipinski definition) is 3. The van der Waals surface area contributed by atoms with Gasteiger partial charge in [-0.3, -0.25) is 4.99 Å². The van der Waals surface area contributed by atoms with Gasteiger partial charge in [0.25, 0.3) is 0 Å². The number of nitrogens with zero attached hydrogens (tertiary/aromatic N) is 2. The molecule has 0 saturated heterocycles. The highest BCUT2D eigenvalue weighted by Crippen LogP contribution is 2.28. The van der Waals surface area contributed by atoms with Crippen LogP contribution in [0.25, 0.3) is 11.0 Å². The number of aliphatic imine (C=N–C) groups is 1. The van der Waals surface area contributed by atoms with E-state index in [0.717, 1.165) is 41.7 Å². The second-order valence-electron chi connectivity index (χ2n) is 6.63. The molecule has 1 N–H and O–H groups in total. The van der Waals surface area contributed by atoms with Crippen LogP contribution in [0.3, 0.4) is 0 Å². The van der Waals surface area contributed by atoms with Gasteiger partial charge in [0, 0.05) is 38.2 Å². The van der Waals surface area contributed by atoms with Gasteiger partial charge < -0.3 is 19.4 Å². The van der Waals surface area contributed by atoms with Crippen molar-refractivity contribution < 1.29 is 13.5 Å². The minimum atomic E-state index is -0.252. The van der Waals surface area contributed by atoms with Gasteiger partial charge >= 0.3 is 0 Å². The third kappa shape index (κ3) is 4.51. The van der Waals surface area contributed by atoms with E-state index in [1.807, 2.05) is 18.9 Å². The first-order valence-corrected chi connectivity index (χ1v) is 8.75. The zero-order chi connectivity index (χ0) is 17.8. The quantitative estimate of drug-likeness (QED) is 0.474. The standard InChI is InChI=1S/C19H26FN3O2/c1-13-16-10-15(20)6-7-17(16)25-18(13)11-22-19(21-2)23(3)8-9-24-12-14-4-5-14/h6-7,10,14H,4-5,8-9,11-12H2,1-3H3,(H,21,22). The number of furan rings is 1. The Morgan fingerprint density at radius 1 is 1.44 bits per heavy atom. The van der Waals surface area contributed by atoms with E-state index in [2.05, 4.69) is 10.3 Å². The van der Waals surface area contributed by atoms with Gasteiger partial charge in [-0.25, -0.2) is 4.39 Å². The van der Waals surface area contributed by atoms with Crippen LogP contribution in [0, 0.1) is 18.7 Å². The average Bonchev–Trinajstić information content (AvgIpc) is 3.38. The van der Waals surface area contributed by atoms with Crippen LogP contribution < -0.4 is 5.32 Å². The highest BCUT2D eigenvalue weighted by molar-refractivity contribution is 5.83. The molecule has 5 nitrogen and oxygen atoms in total. The fourth-order valence-electron chi connectivity index (χ4n) is 2.80. The van der Waals surface area contributed by atoms with Crippen molar-refractivity contribution in [2.45, 2.75) is 26.3 Å². The first-order valence-electron chi connectivity index (χ1n) is 8.75. The van der Waals surface area contributed by atoms with Crippen molar-refractivity contribution in [1.82, 2.24) is 10.2 Å². The first kappa shape index (κ1) is 17.7. The maximum Gasteiger partial charge on any atom is 0.193 e. The highest BCUT2D eigenvalue weighted by Gasteiger charge is 2.21. The summed E-state index contributed by atoms with van der Waals surface area (Å²) in [6.45, 7) is 4.78. The summed E-state index contributed by atoms with van der Waals surface area (Å²) in [5.74, 6) is 2.10. The molecule has 1 saturated carbocycles. The Bertz CT molecular complexity index is 752. The molecule has 0 radical (unpaired) electrons. The maximum atomic E-state index is 13.4. The third-order valence-electron chi connectivity index (χ3n) is 4.60. The fourth-order valence-corrected chi connectivity index (χ4v) is 2.80. The first-order chi connectivity index (χ1) is 12.1. The molecule has 1 aliphatic rings. The zero-order valence-electron chi connectivity index (χ0n) is 15.1. The number of fused-ring (bicyclic) bond motifs is 1. The van der Waals surface area contributed by atoms with E-state index in [1.54, 1.807) is 13.1 Å². The van der Waals surface area contributed by atoms with Crippen LogP contribution >= 0.6 is 0 Å². The number of halogens is 1. The second-order valence-corrected chi connectivity index (χ2v) is 6.63. The molecular formula is C19H26FN3O2. The molecule has 1 aromatic carbocycles. The van der Waals surface area contributed by atoms with Gasteiger partial charge in [-0.1, -0.05) is 0 Å². The molecule has 0 aliphatic heterocycles. The zero-order valence-corrected chi connectivity index (χ0v) is 15.1. The van der Waals surface area contributed by atoms with Crippen LogP contribution in [-0.4, -0.2) is 44.7 Å². The largest absolute Gasteiger partial charge is 0.459 e. The minimum absolute atomic E-state index is 0.252. The molecule has 2 aromatic rings. The van der Waals surface area contributed by atoms with E-state index in [9.17, 15) is 4.39 Å². The molecule has 6 heteroatoms. The summed E-state index contributed by atoms with van der Waals surface area (Å²) >= 11 is 0. The van der Waals surface area contributed by atoms with E-state index in [0.29, 0.717) is 18.7 Å². The Morgan fingerprint density at radius 3 is 2.96 bits per heavy atom. The molecule has 1 aromatic heterocycles. The van der Waals surface area contributed by atoms with Gasteiger partial charge in [0.05, 0.1) is 13.2 Å². The molecule has 136 valence electrons. The lowest BCUT2D eigenvalue weighted by molar-refractivity contribution is 0.115. The van der Waals surface area contributed by atoms with Gasteiger partial charge in [-0.05, 0) is 43.9 Å². The van der Waals surface area contributed by atoms with Crippen molar-refractivity contribution in [2.75, 3.05) is 33.9 Å². The molecule has 3 rings (SSSR count). The van der Waals surface area contributed by atoms with Crippen molar-refractivity contribution in [3.05, 3.63) is 35.3 Å². The van der Waals surface area contributed by atoms with E-state index >= 15 is 0 Å². The summed E-state index contributed by atoms with van der Waals surface area (Å²) in [5.41, 5.74) is 1.65.